The van der Waals surface area contributed by atoms with E-state index in [4.69, 9.17) is 22.1 Å². The molecule has 0 aromatic heterocycles. The first-order valence-corrected chi connectivity index (χ1v) is 7.51. The van der Waals surface area contributed by atoms with Crippen LogP contribution < -0.4 is 10.5 Å². The van der Waals surface area contributed by atoms with E-state index >= 15 is 0 Å². The molecule has 0 bridgehead atoms. The molecule has 0 fully saturated rings. The van der Waals surface area contributed by atoms with Gasteiger partial charge >= 0.3 is 0 Å². The Morgan fingerprint density at radius 2 is 1.76 bits per heavy atom. The van der Waals surface area contributed by atoms with Crippen LogP contribution in [0.4, 0.5) is 0 Å². The Kier molecular flexibility index (Phi) is 5.27. The molecule has 0 amide bonds. The van der Waals surface area contributed by atoms with Crippen molar-refractivity contribution in [3.8, 4) is 5.75 Å². The molecule has 0 aliphatic rings. The quantitative estimate of drug-likeness (QED) is 0.903. The number of hydrogen-bond donors (Lipinski definition) is 1. The van der Waals surface area contributed by atoms with Crippen LogP contribution in [0.5, 0.6) is 5.75 Å². The fourth-order valence-electron chi connectivity index (χ4n) is 2.56. The van der Waals surface area contributed by atoms with Crippen LogP contribution in [0, 0.1) is 13.8 Å². The Hall–Kier alpha value is -1.51. The summed E-state index contributed by atoms with van der Waals surface area (Å²) in [4.78, 5) is 0. The second kappa shape index (κ2) is 6.97. The summed E-state index contributed by atoms with van der Waals surface area (Å²) in [6.07, 6.45) is 1.60. The van der Waals surface area contributed by atoms with Gasteiger partial charge in [0.05, 0.1) is 7.11 Å². The molecule has 0 heterocycles. The minimum absolute atomic E-state index is 0.0397. The molecular weight excluding hydrogens is 282 g/mol. The van der Waals surface area contributed by atoms with Crippen LogP contribution in [-0.4, -0.2) is 13.2 Å². The number of methoxy groups -OCH3 is 1. The van der Waals surface area contributed by atoms with Crippen LogP contribution in [0.2, 0.25) is 5.02 Å². The molecule has 2 aromatic rings. The van der Waals surface area contributed by atoms with Crippen molar-refractivity contribution in [2.75, 3.05) is 7.11 Å². The van der Waals surface area contributed by atoms with Crippen molar-refractivity contribution in [3.63, 3.8) is 0 Å². The molecule has 2 nitrogen and oxygen atoms in total. The summed E-state index contributed by atoms with van der Waals surface area (Å²) in [6, 6.07) is 12.2. The summed E-state index contributed by atoms with van der Waals surface area (Å²) >= 11 is 6.07. The van der Waals surface area contributed by atoms with Crippen LogP contribution in [0.15, 0.2) is 36.4 Å². The van der Waals surface area contributed by atoms with Gasteiger partial charge in [-0.25, -0.2) is 0 Å². The number of hydrogen-bond acceptors (Lipinski definition) is 2. The van der Waals surface area contributed by atoms with Gasteiger partial charge in [-0.15, -0.1) is 0 Å². The summed E-state index contributed by atoms with van der Waals surface area (Å²) < 4.78 is 5.38. The van der Waals surface area contributed by atoms with E-state index in [1.807, 2.05) is 18.2 Å². The van der Waals surface area contributed by atoms with E-state index in [1.165, 1.54) is 16.7 Å². The maximum Gasteiger partial charge on any atom is 0.122 e. The topological polar surface area (TPSA) is 35.2 Å². The Morgan fingerprint density at radius 3 is 2.48 bits per heavy atom. The van der Waals surface area contributed by atoms with Gasteiger partial charge in [-0.2, -0.15) is 0 Å². The lowest BCUT2D eigenvalue weighted by molar-refractivity contribution is 0.408. The highest BCUT2D eigenvalue weighted by Crippen LogP contribution is 2.24. The molecule has 1 unspecified atom stereocenters. The molecule has 0 aliphatic heterocycles. The Morgan fingerprint density at radius 1 is 1.05 bits per heavy atom. The van der Waals surface area contributed by atoms with Gasteiger partial charge in [-0.05, 0) is 61.6 Å². The summed E-state index contributed by atoms with van der Waals surface area (Å²) in [6.45, 7) is 4.23. The lowest BCUT2D eigenvalue weighted by atomic mass is 9.95. The third-order valence-corrected chi connectivity index (χ3v) is 3.95. The van der Waals surface area contributed by atoms with Gasteiger partial charge in [-0.1, -0.05) is 35.4 Å². The molecule has 21 heavy (non-hydrogen) atoms. The summed E-state index contributed by atoms with van der Waals surface area (Å²) in [7, 11) is 1.67. The van der Waals surface area contributed by atoms with Crippen molar-refractivity contribution >= 4 is 11.6 Å². The van der Waals surface area contributed by atoms with Crippen molar-refractivity contribution in [2.24, 2.45) is 5.73 Å². The van der Waals surface area contributed by atoms with E-state index in [0.29, 0.717) is 5.02 Å². The summed E-state index contributed by atoms with van der Waals surface area (Å²) in [5.41, 5.74) is 11.3. The maximum absolute atomic E-state index is 6.33. The van der Waals surface area contributed by atoms with Gasteiger partial charge in [0, 0.05) is 11.1 Å². The minimum Gasteiger partial charge on any atom is -0.496 e. The molecule has 2 rings (SSSR count). The third kappa shape index (κ3) is 4.23. The van der Waals surface area contributed by atoms with Crippen LogP contribution in [-0.2, 0) is 12.8 Å². The predicted molar refractivity (Wildman–Crippen MR) is 89.3 cm³/mol. The second-order valence-electron chi connectivity index (χ2n) is 5.55. The average molecular weight is 304 g/mol. The lowest BCUT2D eigenvalue weighted by Crippen LogP contribution is -2.26. The van der Waals surface area contributed by atoms with Crippen LogP contribution >= 0.6 is 11.6 Å². The Labute approximate surface area is 131 Å². The molecule has 3 heteroatoms. The van der Waals surface area contributed by atoms with Gasteiger partial charge < -0.3 is 10.5 Å². The van der Waals surface area contributed by atoms with Gasteiger partial charge in [0.1, 0.15) is 5.75 Å². The highest BCUT2D eigenvalue weighted by Gasteiger charge is 2.11. The molecular formula is C18H22ClNO. The Balaban J connectivity index is 2.13. The molecule has 2 aromatic carbocycles. The predicted octanol–water partition coefficient (Wildman–Crippen LogP) is 4.08. The smallest absolute Gasteiger partial charge is 0.122 e. The molecule has 0 radical (unpaired) electrons. The maximum atomic E-state index is 6.33. The standard InChI is InChI=1S/C18H22ClNO/c1-12-4-5-13(2)14(8-12)10-17(20)11-15-9-16(19)6-7-18(15)21-3/h4-9,17H,10-11,20H2,1-3H3. The minimum atomic E-state index is 0.0397. The fraction of sp³-hybridized carbons (Fsp3) is 0.333. The molecule has 2 N–H and O–H groups in total. The zero-order valence-corrected chi connectivity index (χ0v) is 13.6. The van der Waals surface area contributed by atoms with Crippen LogP contribution in [0.25, 0.3) is 0 Å². The zero-order valence-electron chi connectivity index (χ0n) is 12.8. The Bertz CT molecular complexity index is 625. The van der Waals surface area contributed by atoms with Crippen molar-refractivity contribution in [1.29, 1.82) is 0 Å². The van der Waals surface area contributed by atoms with Gasteiger partial charge in [0.25, 0.3) is 0 Å². The number of benzene rings is 2. The number of ether oxygens (including phenoxy) is 1. The largest absolute Gasteiger partial charge is 0.496 e. The van der Waals surface area contributed by atoms with Crippen LogP contribution in [0.1, 0.15) is 22.3 Å². The third-order valence-electron chi connectivity index (χ3n) is 3.71. The van der Waals surface area contributed by atoms with Crippen molar-refractivity contribution in [2.45, 2.75) is 32.7 Å². The fourth-order valence-corrected chi connectivity index (χ4v) is 2.76. The van der Waals surface area contributed by atoms with Crippen molar-refractivity contribution < 1.29 is 4.74 Å². The highest BCUT2D eigenvalue weighted by molar-refractivity contribution is 6.30. The summed E-state index contributed by atoms with van der Waals surface area (Å²) in [5.74, 6) is 0.843. The molecule has 112 valence electrons. The van der Waals surface area contributed by atoms with E-state index in [1.54, 1.807) is 7.11 Å². The normalized spacial score (nSPS) is 12.2. The number of nitrogens with two attached hydrogens (primary N) is 1. The number of halogens is 1. The average Bonchev–Trinajstić information content (AvgIpc) is 2.43. The molecule has 1 atom stereocenters. The van der Waals surface area contributed by atoms with Crippen LogP contribution in [0.3, 0.4) is 0 Å². The lowest BCUT2D eigenvalue weighted by Gasteiger charge is -2.16. The first-order chi connectivity index (χ1) is 9.99. The SMILES string of the molecule is COc1ccc(Cl)cc1CC(N)Cc1cc(C)ccc1C. The highest BCUT2D eigenvalue weighted by atomic mass is 35.5. The first-order valence-electron chi connectivity index (χ1n) is 7.13. The van der Waals surface area contributed by atoms with Crippen molar-refractivity contribution in [3.05, 3.63) is 63.7 Å². The van der Waals surface area contributed by atoms with E-state index in [0.717, 1.165) is 24.2 Å². The monoisotopic (exact) mass is 303 g/mol. The second-order valence-corrected chi connectivity index (χ2v) is 5.99. The van der Waals surface area contributed by atoms with E-state index < -0.39 is 0 Å². The molecule has 0 spiro atoms. The van der Waals surface area contributed by atoms with Gasteiger partial charge in [0.15, 0.2) is 0 Å². The molecule has 0 aliphatic carbocycles. The number of aryl methyl sites for hydroxylation is 2. The van der Waals surface area contributed by atoms with E-state index in [2.05, 4.69) is 32.0 Å². The molecule has 0 saturated carbocycles. The summed E-state index contributed by atoms with van der Waals surface area (Å²) in [5, 5.41) is 0.713. The zero-order chi connectivity index (χ0) is 15.4. The van der Waals surface area contributed by atoms with Gasteiger partial charge in [0.2, 0.25) is 0 Å². The van der Waals surface area contributed by atoms with E-state index in [-0.39, 0.29) is 6.04 Å². The van der Waals surface area contributed by atoms with E-state index in [9.17, 15) is 0 Å². The van der Waals surface area contributed by atoms with Crippen molar-refractivity contribution in [1.82, 2.24) is 0 Å². The van der Waals surface area contributed by atoms with Gasteiger partial charge in [-0.3, -0.25) is 0 Å². The number of rotatable bonds is 5. The molecule has 0 saturated heterocycles. The first kappa shape index (κ1) is 15.9.